The number of H-pyrrole nitrogens is 2. The van der Waals surface area contributed by atoms with E-state index in [-0.39, 0.29) is 22.7 Å². The van der Waals surface area contributed by atoms with E-state index < -0.39 is 5.91 Å². The molecule has 1 aromatic heterocycles. The van der Waals surface area contributed by atoms with Gasteiger partial charge < -0.3 is 29.9 Å². The van der Waals surface area contributed by atoms with Crippen molar-refractivity contribution in [3.8, 4) is 17.2 Å². The van der Waals surface area contributed by atoms with Gasteiger partial charge in [0.2, 0.25) is 0 Å². The van der Waals surface area contributed by atoms with E-state index in [1.54, 1.807) is 49.6 Å². The lowest BCUT2D eigenvalue weighted by molar-refractivity contribution is 0.102. The fourth-order valence-corrected chi connectivity index (χ4v) is 4.12. The number of aryl methyl sites for hydroxylation is 1. The summed E-state index contributed by atoms with van der Waals surface area (Å²) < 4.78 is 10.8. The molecule has 0 aliphatic carbocycles. The van der Waals surface area contributed by atoms with Crippen LogP contribution < -0.4 is 20.5 Å². The van der Waals surface area contributed by atoms with Gasteiger partial charge in [0.1, 0.15) is 22.9 Å². The van der Waals surface area contributed by atoms with E-state index in [9.17, 15) is 14.7 Å². The number of ether oxygens (including phenoxy) is 2. The van der Waals surface area contributed by atoms with E-state index in [4.69, 9.17) is 9.47 Å². The molecule has 1 amide bonds. The van der Waals surface area contributed by atoms with Gasteiger partial charge in [-0.05, 0) is 48.2 Å². The molecule has 5 aromatic rings. The Kier molecular flexibility index (Phi) is 6.06. The number of rotatable bonds is 6. The van der Waals surface area contributed by atoms with E-state index in [0.29, 0.717) is 44.7 Å². The maximum absolute atomic E-state index is 13.2. The third kappa shape index (κ3) is 4.47. The molecule has 0 radical (unpaired) electrons. The van der Waals surface area contributed by atoms with Gasteiger partial charge in [0.25, 0.3) is 5.91 Å². The molecule has 0 saturated heterocycles. The zero-order valence-corrected chi connectivity index (χ0v) is 20.2. The fourth-order valence-electron chi connectivity index (χ4n) is 4.12. The van der Waals surface area contributed by atoms with Crippen LogP contribution in [0.3, 0.4) is 0 Å². The number of aromatic amines is 2. The molecule has 5 rings (SSSR count). The molecule has 0 unspecified atom stereocenters. The Balaban J connectivity index is 1.56. The zero-order valence-electron chi connectivity index (χ0n) is 20.2. The van der Waals surface area contributed by atoms with Crippen LogP contribution in [-0.4, -0.2) is 35.2 Å². The van der Waals surface area contributed by atoms with Crippen molar-refractivity contribution in [2.45, 2.75) is 6.92 Å². The summed E-state index contributed by atoms with van der Waals surface area (Å²) in [6.07, 6.45) is 0. The van der Waals surface area contributed by atoms with Crippen LogP contribution in [0.2, 0.25) is 0 Å². The highest BCUT2D eigenvalue weighted by atomic mass is 16.5. The Morgan fingerprint density at radius 1 is 0.919 bits per heavy atom. The first kappa shape index (κ1) is 23.6. The van der Waals surface area contributed by atoms with Crippen molar-refractivity contribution < 1.29 is 19.4 Å². The van der Waals surface area contributed by atoms with Crippen LogP contribution in [0.25, 0.3) is 21.8 Å². The van der Waals surface area contributed by atoms with Gasteiger partial charge in [0.15, 0.2) is 5.75 Å². The average Bonchev–Trinajstić information content (AvgIpc) is 3.27. The molecule has 0 fully saturated rings. The number of hydrogen-bond acceptors (Lipinski definition) is 7. The summed E-state index contributed by atoms with van der Waals surface area (Å²) >= 11 is 0. The summed E-state index contributed by atoms with van der Waals surface area (Å²) in [7, 11) is 3.08. The molecule has 4 aromatic carbocycles. The van der Waals surface area contributed by atoms with E-state index >= 15 is 0 Å². The molecule has 0 atom stereocenters. The lowest BCUT2D eigenvalue weighted by Crippen LogP contribution is -2.12. The first-order chi connectivity index (χ1) is 17.9. The highest BCUT2D eigenvalue weighted by Crippen LogP contribution is 2.41. The largest absolute Gasteiger partial charge is 0.505 e. The summed E-state index contributed by atoms with van der Waals surface area (Å²) in [5, 5.41) is 23.9. The predicted molar refractivity (Wildman–Crippen MR) is 141 cm³/mol. The number of nitrogens with one attached hydrogen (secondary N) is 3. The number of carbonyl (C=O) groups excluding carboxylic acids is 1. The topological polar surface area (TPSA) is 141 Å². The molecule has 0 bridgehead atoms. The third-order valence-electron chi connectivity index (χ3n) is 5.97. The number of azo groups is 1. The molecule has 10 heteroatoms. The maximum atomic E-state index is 13.2. The first-order valence-corrected chi connectivity index (χ1v) is 11.3. The number of anilines is 1. The number of hydrogen-bond donors (Lipinski definition) is 4. The monoisotopic (exact) mass is 497 g/mol. The van der Waals surface area contributed by atoms with Crippen molar-refractivity contribution in [2.24, 2.45) is 10.2 Å². The summed E-state index contributed by atoms with van der Waals surface area (Å²) in [4.78, 5) is 30.1. The molecule has 1 heterocycles. The SMILES string of the molecule is COc1cc(N=Nc2c(O)c(C(=O)Nc3ccc4[nH]c(=O)[nH]c4c3)cc3ccccc23)c(OC)cc1C. The van der Waals surface area contributed by atoms with Crippen molar-refractivity contribution in [1.82, 2.24) is 9.97 Å². The molecule has 0 saturated carbocycles. The maximum Gasteiger partial charge on any atom is 0.323 e. The van der Waals surface area contributed by atoms with Gasteiger partial charge >= 0.3 is 5.69 Å². The number of amides is 1. The van der Waals surface area contributed by atoms with E-state index in [0.717, 1.165) is 5.56 Å². The number of methoxy groups -OCH3 is 2. The second-order valence-electron chi connectivity index (χ2n) is 8.33. The van der Waals surface area contributed by atoms with Gasteiger partial charge in [-0.15, -0.1) is 10.2 Å². The predicted octanol–water partition coefficient (Wildman–Crippen LogP) is 5.71. The number of carbonyl (C=O) groups is 1. The van der Waals surface area contributed by atoms with Crippen LogP contribution >= 0.6 is 0 Å². The van der Waals surface area contributed by atoms with Crippen LogP contribution in [0, 0.1) is 6.92 Å². The molecule has 0 aliphatic rings. The molecular formula is C27H23N5O5. The highest BCUT2D eigenvalue weighted by molar-refractivity contribution is 6.12. The molecule has 37 heavy (non-hydrogen) atoms. The van der Waals surface area contributed by atoms with E-state index in [2.05, 4.69) is 25.5 Å². The van der Waals surface area contributed by atoms with Crippen molar-refractivity contribution >= 4 is 44.8 Å². The normalized spacial score (nSPS) is 11.3. The Hall–Kier alpha value is -5.12. The molecule has 0 aliphatic heterocycles. The number of aromatic hydroxyl groups is 1. The zero-order chi connectivity index (χ0) is 26.1. The quantitative estimate of drug-likeness (QED) is 0.222. The minimum Gasteiger partial charge on any atom is -0.505 e. The standard InChI is InChI=1S/C27H23N5O5/c1-14-10-23(37-3)21(13-22(14)36-2)31-32-24-17-7-5-4-6-15(17)11-18(25(24)33)26(34)28-16-8-9-19-20(12-16)30-27(35)29-19/h4-13,33H,1-3H3,(H,28,34)(H2,29,30,35). The Morgan fingerprint density at radius 2 is 1.68 bits per heavy atom. The number of phenolic OH excluding ortho intramolecular Hbond substituents is 1. The van der Waals surface area contributed by atoms with Crippen LogP contribution in [0.1, 0.15) is 15.9 Å². The van der Waals surface area contributed by atoms with Crippen molar-refractivity contribution in [2.75, 3.05) is 19.5 Å². The summed E-state index contributed by atoms with van der Waals surface area (Å²) in [5.74, 6) is 0.219. The number of phenols is 1. The second-order valence-corrected chi connectivity index (χ2v) is 8.33. The molecule has 186 valence electrons. The fraction of sp³-hybridized carbons (Fsp3) is 0.111. The van der Waals surface area contributed by atoms with E-state index in [1.165, 1.54) is 7.11 Å². The Morgan fingerprint density at radius 3 is 2.46 bits per heavy atom. The smallest absolute Gasteiger partial charge is 0.323 e. The third-order valence-corrected chi connectivity index (χ3v) is 5.97. The van der Waals surface area contributed by atoms with E-state index in [1.807, 2.05) is 25.1 Å². The Bertz CT molecular complexity index is 1750. The van der Waals surface area contributed by atoms with Crippen LogP contribution in [-0.2, 0) is 0 Å². The Labute approximate surface area is 210 Å². The minimum atomic E-state index is -0.550. The highest BCUT2D eigenvalue weighted by Gasteiger charge is 2.19. The van der Waals surface area contributed by atoms with Crippen molar-refractivity contribution in [1.29, 1.82) is 0 Å². The number of aromatic nitrogens is 2. The van der Waals surface area contributed by atoms with Gasteiger partial charge in [-0.25, -0.2) is 4.79 Å². The second kappa shape index (κ2) is 9.50. The van der Waals surface area contributed by atoms with Crippen molar-refractivity contribution in [3.63, 3.8) is 0 Å². The number of benzene rings is 4. The van der Waals surface area contributed by atoms with Gasteiger partial charge in [0, 0.05) is 17.1 Å². The van der Waals surface area contributed by atoms with Gasteiger partial charge in [-0.3, -0.25) is 4.79 Å². The summed E-state index contributed by atoms with van der Waals surface area (Å²) in [6.45, 7) is 1.88. The van der Waals surface area contributed by atoms with Gasteiger partial charge in [-0.2, -0.15) is 0 Å². The van der Waals surface area contributed by atoms with Gasteiger partial charge in [0.05, 0.1) is 30.8 Å². The first-order valence-electron chi connectivity index (χ1n) is 11.3. The number of nitrogens with zero attached hydrogens (tertiary/aromatic N) is 2. The van der Waals surface area contributed by atoms with Gasteiger partial charge in [-0.1, -0.05) is 24.3 Å². The lowest BCUT2D eigenvalue weighted by atomic mass is 10.0. The molecular weight excluding hydrogens is 474 g/mol. The lowest BCUT2D eigenvalue weighted by Gasteiger charge is -2.12. The number of fused-ring (bicyclic) bond motifs is 2. The van der Waals surface area contributed by atoms with Crippen LogP contribution in [0.15, 0.2) is 75.7 Å². The van der Waals surface area contributed by atoms with Crippen LogP contribution in [0.4, 0.5) is 17.1 Å². The molecule has 10 nitrogen and oxygen atoms in total. The van der Waals surface area contributed by atoms with Crippen molar-refractivity contribution in [3.05, 3.63) is 82.3 Å². The van der Waals surface area contributed by atoms with Crippen LogP contribution in [0.5, 0.6) is 17.2 Å². The minimum absolute atomic E-state index is 0.0174. The summed E-state index contributed by atoms with van der Waals surface area (Å²) in [6, 6.07) is 17.2. The average molecular weight is 498 g/mol. The number of imidazole rings is 1. The molecule has 4 N–H and O–H groups in total. The molecule has 0 spiro atoms. The summed E-state index contributed by atoms with van der Waals surface area (Å²) in [5.41, 5.74) is 2.68.